The molecular weight excluding hydrogens is 320 g/mol. The second kappa shape index (κ2) is 5.30. The molecule has 1 aliphatic carbocycles. The summed E-state index contributed by atoms with van der Waals surface area (Å²) >= 11 is 10.0. The first-order valence-corrected chi connectivity index (χ1v) is 7.97. The minimum Gasteiger partial charge on any atom is -0.0840 e. The van der Waals surface area contributed by atoms with E-state index < -0.39 is 0 Å². The molecule has 0 bridgehead atoms. The van der Waals surface area contributed by atoms with Crippen LogP contribution in [0.2, 0.25) is 5.02 Å². The lowest BCUT2D eigenvalue weighted by atomic mass is 9.98. The lowest BCUT2D eigenvalue weighted by Crippen LogP contribution is -1.97. The molecule has 2 aromatic carbocycles. The van der Waals surface area contributed by atoms with E-state index in [-0.39, 0.29) is 4.83 Å². The van der Waals surface area contributed by atoms with E-state index in [2.05, 4.69) is 47.1 Å². The van der Waals surface area contributed by atoms with Crippen molar-refractivity contribution in [1.29, 1.82) is 0 Å². The lowest BCUT2D eigenvalue weighted by molar-refractivity contribution is 0.911. The smallest absolute Gasteiger partial charge is 0.0647 e. The average molecular weight is 336 g/mol. The number of benzene rings is 2. The molecule has 0 aromatic heterocycles. The summed E-state index contributed by atoms with van der Waals surface area (Å²) in [5, 5.41) is 0.836. The molecule has 98 valence electrons. The van der Waals surface area contributed by atoms with Gasteiger partial charge in [0.1, 0.15) is 0 Å². The summed E-state index contributed by atoms with van der Waals surface area (Å²) in [7, 11) is 0. The minimum absolute atomic E-state index is 0.220. The Morgan fingerprint density at radius 2 is 1.89 bits per heavy atom. The van der Waals surface area contributed by atoms with E-state index in [0.29, 0.717) is 0 Å². The maximum absolute atomic E-state index is 6.22. The van der Waals surface area contributed by atoms with Crippen molar-refractivity contribution < 1.29 is 0 Å². The first-order chi connectivity index (χ1) is 9.16. The monoisotopic (exact) mass is 334 g/mol. The molecule has 0 amide bonds. The Morgan fingerprint density at radius 3 is 2.74 bits per heavy atom. The van der Waals surface area contributed by atoms with E-state index in [1.807, 2.05) is 12.1 Å². The number of hydrogen-bond donors (Lipinski definition) is 0. The van der Waals surface area contributed by atoms with Crippen LogP contribution in [-0.2, 0) is 12.8 Å². The van der Waals surface area contributed by atoms with Crippen molar-refractivity contribution in [2.45, 2.75) is 31.0 Å². The van der Waals surface area contributed by atoms with Gasteiger partial charge in [-0.15, -0.1) is 0 Å². The zero-order chi connectivity index (χ0) is 13.4. The molecule has 0 saturated carbocycles. The standard InChI is InChI=1S/C17H16BrCl/c1-11-15(6-3-7-16(11)19)17(18)14-9-8-12-4-2-5-13(12)10-14/h3,6-10,17H,2,4-5H2,1H3. The van der Waals surface area contributed by atoms with Crippen LogP contribution < -0.4 is 0 Å². The fourth-order valence-corrected chi connectivity index (χ4v) is 3.79. The van der Waals surface area contributed by atoms with E-state index in [9.17, 15) is 0 Å². The van der Waals surface area contributed by atoms with Crippen LogP contribution in [0.1, 0.15) is 39.1 Å². The quantitative estimate of drug-likeness (QED) is 0.625. The van der Waals surface area contributed by atoms with Crippen LogP contribution in [0, 0.1) is 6.92 Å². The predicted molar refractivity (Wildman–Crippen MR) is 85.4 cm³/mol. The van der Waals surface area contributed by atoms with Crippen molar-refractivity contribution in [3.63, 3.8) is 0 Å². The number of rotatable bonds is 2. The lowest BCUT2D eigenvalue weighted by Gasteiger charge is -2.15. The SMILES string of the molecule is Cc1c(Cl)cccc1C(Br)c1ccc2c(c1)CCC2. The molecule has 0 N–H and O–H groups in total. The van der Waals surface area contributed by atoms with Crippen LogP contribution in [-0.4, -0.2) is 0 Å². The van der Waals surface area contributed by atoms with Crippen molar-refractivity contribution in [2.24, 2.45) is 0 Å². The van der Waals surface area contributed by atoms with Gasteiger partial charge in [0.25, 0.3) is 0 Å². The Labute approximate surface area is 127 Å². The van der Waals surface area contributed by atoms with Crippen LogP contribution >= 0.6 is 27.5 Å². The molecule has 0 fully saturated rings. The van der Waals surface area contributed by atoms with Gasteiger partial charge in [-0.05, 0) is 60.1 Å². The van der Waals surface area contributed by atoms with Crippen LogP contribution in [0.5, 0.6) is 0 Å². The molecule has 1 unspecified atom stereocenters. The van der Waals surface area contributed by atoms with Crippen LogP contribution in [0.3, 0.4) is 0 Å². The molecule has 0 saturated heterocycles. The average Bonchev–Trinajstić information content (AvgIpc) is 2.88. The highest BCUT2D eigenvalue weighted by molar-refractivity contribution is 9.09. The highest BCUT2D eigenvalue weighted by atomic mass is 79.9. The largest absolute Gasteiger partial charge is 0.0840 e. The van der Waals surface area contributed by atoms with Crippen LogP contribution in [0.4, 0.5) is 0 Å². The summed E-state index contributed by atoms with van der Waals surface area (Å²) in [5.74, 6) is 0. The predicted octanol–water partition coefficient (Wildman–Crippen LogP) is 5.62. The first kappa shape index (κ1) is 13.2. The molecule has 2 aromatic rings. The van der Waals surface area contributed by atoms with Gasteiger partial charge in [-0.1, -0.05) is 57.9 Å². The molecule has 3 rings (SSSR count). The van der Waals surface area contributed by atoms with Gasteiger partial charge in [0.15, 0.2) is 0 Å². The van der Waals surface area contributed by atoms with Crippen molar-refractivity contribution in [2.75, 3.05) is 0 Å². The number of fused-ring (bicyclic) bond motifs is 1. The van der Waals surface area contributed by atoms with Gasteiger partial charge in [-0.2, -0.15) is 0 Å². The van der Waals surface area contributed by atoms with Crippen molar-refractivity contribution in [3.8, 4) is 0 Å². The van der Waals surface area contributed by atoms with Crippen molar-refractivity contribution >= 4 is 27.5 Å². The first-order valence-electron chi connectivity index (χ1n) is 6.67. The summed E-state index contributed by atoms with van der Waals surface area (Å²) < 4.78 is 0. The molecule has 0 spiro atoms. The zero-order valence-corrected chi connectivity index (χ0v) is 13.3. The topological polar surface area (TPSA) is 0 Å². The maximum Gasteiger partial charge on any atom is 0.0647 e. The van der Waals surface area contributed by atoms with Gasteiger partial charge < -0.3 is 0 Å². The van der Waals surface area contributed by atoms with Gasteiger partial charge in [-0.25, -0.2) is 0 Å². The van der Waals surface area contributed by atoms with E-state index in [4.69, 9.17) is 11.6 Å². The molecule has 1 atom stereocenters. The van der Waals surface area contributed by atoms with Gasteiger partial charge >= 0.3 is 0 Å². The molecule has 2 heteroatoms. The molecule has 0 nitrogen and oxygen atoms in total. The molecule has 1 aliphatic rings. The summed E-state index contributed by atoms with van der Waals surface area (Å²) in [6.07, 6.45) is 3.75. The highest BCUT2D eigenvalue weighted by Crippen LogP contribution is 2.36. The third-order valence-corrected chi connectivity index (χ3v) is 5.43. The number of aryl methyl sites for hydroxylation is 2. The third kappa shape index (κ3) is 2.46. The minimum atomic E-state index is 0.220. The van der Waals surface area contributed by atoms with E-state index in [1.165, 1.54) is 41.5 Å². The number of hydrogen-bond acceptors (Lipinski definition) is 0. The normalized spacial score (nSPS) is 15.3. The van der Waals surface area contributed by atoms with Gasteiger partial charge in [0, 0.05) is 5.02 Å². The Hall–Kier alpha value is -0.790. The molecule has 0 aliphatic heterocycles. The van der Waals surface area contributed by atoms with Crippen LogP contribution in [0.15, 0.2) is 36.4 Å². The highest BCUT2D eigenvalue weighted by Gasteiger charge is 2.17. The fourth-order valence-electron chi connectivity index (χ4n) is 2.83. The van der Waals surface area contributed by atoms with E-state index in [1.54, 1.807) is 0 Å². The Kier molecular flexibility index (Phi) is 3.68. The summed E-state index contributed by atoms with van der Waals surface area (Å²) in [4.78, 5) is 0.220. The van der Waals surface area contributed by atoms with Crippen LogP contribution in [0.25, 0.3) is 0 Å². The zero-order valence-electron chi connectivity index (χ0n) is 10.9. The van der Waals surface area contributed by atoms with E-state index >= 15 is 0 Å². The Bertz CT molecular complexity index is 619. The molecule has 19 heavy (non-hydrogen) atoms. The Balaban J connectivity index is 2.00. The summed E-state index contributed by atoms with van der Waals surface area (Å²) in [5.41, 5.74) is 6.77. The van der Waals surface area contributed by atoms with Gasteiger partial charge in [-0.3, -0.25) is 0 Å². The second-order valence-corrected chi connectivity index (χ2v) is 6.52. The van der Waals surface area contributed by atoms with Gasteiger partial charge in [0.2, 0.25) is 0 Å². The van der Waals surface area contributed by atoms with E-state index in [0.717, 1.165) is 10.6 Å². The fraction of sp³-hybridized carbons (Fsp3) is 0.294. The van der Waals surface area contributed by atoms with Crippen molar-refractivity contribution in [3.05, 3.63) is 69.2 Å². The second-order valence-electron chi connectivity index (χ2n) is 5.20. The maximum atomic E-state index is 6.22. The van der Waals surface area contributed by atoms with Gasteiger partial charge in [0.05, 0.1) is 4.83 Å². The third-order valence-electron chi connectivity index (χ3n) is 4.00. The Morgan fingerprint density at radius 1 is 1.11 bits per heavy atom. The van der Waals surface area contributed by atoms with Crippen molar-refractivity contribution in [1.82, 2.24) is 0 Å². The summed E-state index contributed by atoms with van der Waals surface area (Å²) in [6, 6.07) is 13.0. The number of alkyl halides is 1. The number of halogens is 2. The molecule has 0 heterocycles. The molecule has 0 radical (unpaired) electrons. The molecular formula is C17H16BrCl. The summed E-state index contributed by atoms with van der Waals surface area (Å²) in [6.45, 7) is 2.08.